The number of amides is 1. The number of hydrogen-bond donors (Lipinski definition) is 2. The topological polar surface area (TPSA) is 114 Å². The van der Waals surface area contributed by atoms with E-state index in [1.165, 1.54) is 13.4 Å². The van der Waals surface area contributed by atoms with Gasteiger partial charge in [-0.25, -0.2) is 9.78 Å². The van der Waals surface area contributed by atoms with Crippen LogP contribution in [0.4, 0.5) is 0 Å². The Bertz CT molecular complexity index is 847. The monoisotopic (exact) mass is 430 g/mol. The zero-order valence-corrected chi connectivity index (χ0v) is 18.4. The predicted molar refractivity (Wildman–Crippen MR) is 114 cm³/mol. The van der Waals surface area contributed by atoms with E-state index in [0.717, 1.165) is 5.56 Å². The Labute approximate surface area is 182 Å². The number of benzene rings is 1. The van der Waals surface area contributed by atoms with Crippen molar-refractivity contribution in [3.63, 3.8) is 0 Å². The number of esters is 2. The van der Waals surface area contributed by atoms with Crippen LogP contribution >= 0.6 is 0 Å². The number of aromatic amines is 1. The molecule has 1 unspecified atom stereocenters. The number of aromatic nitrogens is 2. The summed E-state index contributed by atoms with van der Waals surface area (Å²) in [6, 6.07) is 8.56. The quantitative estimate of drug-likeness (QED) is 0.549. The van der Waals surface area contributed by atoms with Crippen LogP contribution in [0.3, 0.4) is 0 Å². The highest BCUT2D eigenvalue weighted by Crippen LogP contribution is 2.11. The van der Waals surface area contributed by atoms with E-state index in [4.69, 9.17) is 9.47 Å². The summed E-state index contributed by atoms with van der Waals surface area (Å²) in [4.78, 5) is 45.9. The summed E-state index contributed by atoms with van der Waals surface area (Å²) in [5.74, 6) is -1.42. The van der Waals surface area contributed by atoms with E-state index < -0.39 is 29.5 Å². The molecule has 1 aromatic heterocycles. The molecule has 1 aromatic carbocycles. The minimum atomic E-state index is -0.910. The van der Waals surface area contributed by atoms with E-state index in [0.29, 0.717) is 12.2 Å². The van der Waals surface area contributed by atoms with E-state index in [2.05, 4.69) is 15.3 Å². The average molecular weight is 431 g/mol. The Hall–Kier alpha value is -3.20. The Morgan fingerprint density at radius 2 is 1.87 bits per heavy atom. The van der Waals surface area contributed by atoms with Crippen LogP contribution in [0.2, 0.25) is 0 Å². The molecule has 2 aromatic rings. The number of carbonyl (C=O) groups excluding carboxylic acids is 3. The normalized spacial score (nSPS) is 12.3. The second-order valence-corrected chi connectivity index (χ2v) is 8.13. The highest BCUT2D eigenvalue weighted by Gasteiger charge is 2.28. The number of H-pyrrole nitrogens is 1. The average Bonchev–Trinajstić information content (AvgIpc) is 3.20. The SMILES string of the molecule is COC(=O)CN(CC(=O)NC(Cc1c[nH]cn1)C(=O)OC(C)(C)C)Cc1ccccc1. The molecule has 0 aliphatic carbocycles. The van der Waals surface area contributed by atoms with E-state index in [1.54, 1.807) is 31.9 Å². The van der Waals surface area contributed by atoms with Crippen molar-refractivity contribution in [3.8, 4) is 0 Å². The molecule has 1 amide bonds. The van der Waals surface area contributed by atoms with Gasteiger partial charge in [0.2, 0.25) is 5.91 Å². The van der Waals surface area contributed by atoms with Gasteiger partial charge < -0.3 is 19.8 Å². The third-order valence-corrected chi connectivity index (χ3v) is 4.19. The zero-order valence-electron chi connectivity index (χ0n) is 18.4. The van der Waals surface area contributed by atoms with Crippen LogP contribution in [-0.4, -0.2) is 64.6 Å². The largest absolute Gasteiger partial charge is 0.468 e. The van der Waals surface area contributed by atoms with Crippen molar-refractivity contribution in [1.29, 1.82) is 0 Å². The van der Waals surface area contributed by atoms with Crippen molar-refractivity contribution in [2.24, 2.45) is 0 Å². The Balaban J connectivity index is 2.08. The lowest BCUT2D eigenvalue weighted by Gasteiger charge is -2.26. The fourth-order valence-electron chi connectivity index (χ4n) is 2.88. The lowest BCUT2D eigenvalue weighted by atomic mass is 10.1. The molecule has 0 aliphatic rings. The molecule has 0 saturated heterocycles. The molecule has 168 valence electrons. The van der Waals surface area contributed by atoms with Gasteiger partial charge in [-0.05, 0) is 26.3 Å². The van der Waals surface area contributed by atoms with Crippen molar-refractivity contribution >= 4 is 17.8 Å². The van der Waals surface area contributed by atoms with Gasteiger partial charge in [0.05, 0.1) is 32.2 Å². The first-order chi connectivity index (χ1) is 14.7. The summed E-state index contributed by atoms with van der Waals surface area (Å²) in [5, 5.41) is 2.72. The Kier molecular flexibility index (Phi) is 8.75. The molecule has 0 radical (unpaired) electrons. The van der Waals surface area contributed by atoms with Crippen LogP contribution in [0.5, 0.6) is 0 Å². The number of carbonyl (C=O) groups is 3. The summed E-state index contributed by atoms with van der Waals surface area (Å²) in [6.07, 6.45) is 3.34. The smallest absolute Gasteiger partial charge is 0.329 e. The molecular formula is C22H30N4O5. The summed E-state index contributed by atoms with van der Waals surface area (Å²) in [5.41, 5.74) is 0.863. The minimum Gasteiger partial charge on any atom is -0.468 e. The molecule has 0 spiro atoms. The summed E-state index contributed by atoms with van der Waals surface area (Å²) in [6.45, 7) is 5.50. The van der Waals surface area contributed by atoms with Gasteiger partial charge in [-0.1, -0.05) is 30.3 Å². The highest BCUT2D eigenvalue weighted by atomic mass is 16.6. The second-order valence-electron chi connectivity index (χ2n) is 8.13. The first-order valence-electron chi connectivity index (χ1n) is 9.99. The Morgan fingerprint density at radius 3 is 2.45 bits per heavy atom. The Morgan fingerprint density at radius 1 is 1.16 bits per heavy atom. The number of hydrogen-bond acceptors (Lipinski definition) is 7. The van der Waals surface area contributed by atoms with E-state index >= 15 is 0 Å². The zero-order chi connectivity index (χ0) is 22.9. The lowest BCUT2D eigenvalue weighted by Crippen LogP contribution is -2.49. The molecule has 2 rings (SSSR count). The van der Waals surface area contributed by atoms with Crippen molar-refractivity contribution in [1.82, 2.24) is 20.2 Å². The van der Waals surface area contributed by atoms with Crippen LogP contribution in [0.25, 0.3) is 0 Å². The van der Waals surface area contributed by atoms with Crippen LogP contribution in [0, 0.1) is 0 Å². The number of methoxy groups -OCH3 is 1. The number of nitrogens with one attached hydrogen (secondary N) is 2. The van der Waals surface area contributed by atoms with Gasteiger partial charge in [-0.3, -0.25) is 14.5 Å². The fourth-order valence-corrected chi connectivity index (χ4v) is 2.88. The molecule has 0 bridgehead atoms. The predicted octanol–water partition coefficient (Wildman–Crippen LogP) is 1.45. The fraction of sp³-hybridized carbons (Fsp3) is 0.455. The third-order valence-electron chi connectivity index (χ3n) is 4.19. The van der Waals surface area contributed by atoms with E-state index in [-0.39, 0.29) is 19.5 Å². The van der Waals surface area contributed by atoms with E-state index in [1.807, 2.05) is 30.3 Å². The number of rotatable bonds is 10. The molecule has 9 nitrogen and oxygen atoms in total. The first kappa shape index (κ1) is 24.1. The molecule has 0 fully saturated rings. The first-order valence-corrected chi connectivity index (χ1v) is 9.99. The molecule has 31 heavy (non-hydrogen) atoms. The molecular weight excluding hydrogens is 400 g/mol. The summed E-state index contributed by atoms with van der Waals surface area (Å²) >= 11 is 0. The van der Waals surface area contributed by atoms with Crippen LogP contribution < -0.4 is 5.32 Å². The third kappa shape index (κ3) is 9.00. The number of ether oxygens (including phenoxy) is 2. The van der Waals surface area contributed by atoms with Gasteiger partial charge in [0, 0.05) is 19.2 Å². The van der Waals surface area contributed by atoms with Crippen molar-refractivity contribution in [2.75, 3.05) is 20.2 Å². The summed E-state index contributed by atoms with van der Waals surface area (Å²) < 4.78 is 10.2. The van der Waals surface area contributed by atoms with Gasteiger partial charge in [0.15, 0.2) is 0 Å². The molecule has 0 saturated carbocycles. The molecule has 1 atom stereocenters. The van der Waals surface area contributed by atoms with Gasteiger partial charge >= 0.3 is 11.9 Å². The van der Waals surface area contributed by atoms with Gasteiger partial charge in [-0.15, -0.1) is 0 Å². The van der Waals surface area contributed by atoms with E-state index in [9.17, 15) is 14.4 Å². The number of imidazole rings is 1. The standard InChI is InChI=1S/C22H30N4O5/c1-22(2,3)31-21(29)18(10-17-11-23-15-24-17)25-19(27)13-26(14-20(28)30-4)12-16-8-6-5-7-9-16/h5-9,11,15,18H,10,12-14H2,1-4H3,(H,23,24)(H,25,27). The molecule has 1 heterocycles. The van der Waals surface area contributed by atoms with Crippen LogP contribution in [-0.2, 0) is 36.8 Å². The van der Waals surface area contributed by atoms with Crippen molar-refractivity contribution < 1.29 is 23.9 Å². The molecule has 2 N–H and O–H groups in total. The molecule has 9 heteroatoms. The maximum Gasteiger partial charge on any atom is 0.329 e. The summed E-state index contributed by atoms with van der Waals surface area (Å²) in [7, 11) is 1.30. The van der Waals surface area contributed by atoms with Crippen molar-refractivity contribution in [2.45, 2.75) is 45.4 Å². The highest BCUT2D eigenvalue weighted by molar-refractivity contribution is 5.86. The van der Waals surface area contributed by atoms with Crippen LogP contribution in [0.1, 0.15) is 32.0 Å². The number of nitrogens with zero attached hydrogens (tertiary/aromatic N) is 2. The maximum absolute atomic E-state index is 12.8. The van der Waals surface area contributed by atoms with Gasteiger partial charge in [-0.2, -0.15) is 0 Å². The lowest BCUT2D eigenvalue weighted by molar-refractivity contribution is -0.158. The van der Waals surface area contributed by atoms with Crippen LogP contribution in [0.15, 0.2) is 42.9 Å². The van der Waals surface area contributed by atoms with Gasteiger partial charge in [0.1, 0.15) is 11.6 Å². The maximum atomic E-state index is 12.8. The van der Waals surface area contributed by atoms with Gasteiger partial charge in [0.25, 0.3) is 0 Å². The second kappa shape index (κ2) is 11.3. The molecule has 0 aliphatic heterocycles. The van der Waals surface area contributed by atoms with Crippen molar-refractivity contribution in [3.05, 3.63) is 54.1 Å². The minimum absolute atomic E-state index is 0.0602.